The first kappa shape index (κ1) is 13.1. The van der Waals surface area contributed by atoms with Crippen molar-refractivity contribution in [1.29, 1.82) is 0 Å². The first-order valence-corrected chi connectivity index (χ1v) is 6.77. The van der Waals surface area contributed by atoms with Crippen LogP contribution in [-0.4, -0.2) is 6.54 Å². The highest BCUT2D eigenvalue weighted by molar-refractivity contribution is 5.44. The average Bonchev–Trinajstić information content (AvgIpc) is 2.48. The van der Waals surface area contributed by atoms with Crippen molar-refractivity contribution in [3.8, 4) is 0 Å². The summed E-state index contributed by atoms with van der Waals surface area (Å²) in [6, 6.07) is 6.67. The molecule has 0 radical (unpaired) electrons. The summed E-state index contributed by atoms with van der Waals surface area (Å²) >= 11 is 0. The van der Waals surface area contributed by atoms with Crippen molar-refractivity contribution in [3.63, 3.8) is 0 Å². The van der Waals surface area contributed by atoms with E-state index >= 15 is 0 Å². The molecule has 18 heavy (non-hydrogen) atoms. The molecule has 0 aliphatic heterocycles. The number of nitrogens with one attached hydrogen (secondary N) is 1. The van der Waals surface area contributed by atoms with E-state index in [2.05, 4.69) is 25.2 Å². The van der Waals surface area contributed by atoms with Crippen LogP contribution in [0.3, 0.4) is 0 Å². The lowest BCUT2D eigenvalue weighted by Crippen LogP contribution is -2.20. The van der Waals surface area contributed by atoms with Gasteiger partial charge < -0.3 is 5.32 Å². The van der Waals surface area contributed by atoms with Gasteiger partial charge in [0, 0.05) is 12.2 Å². The van der Waals surface area contributed by atoms with Gasteiger partial charge in [-0.2, -0.15) is 0 Å². The van der Waals surface area contributed by atoms with Crippen molar-refractivity contribution in [2.75, 3.05) is 11.9 Å². The van der Waals surface area contributed by atoms with E-state index in [1.54, 1.807) is 12.1 Å². The Balaban J connectivity index is 2.02. The van der Waals surface area contributed by atoms with Crippen LogP contribution in [0.15, 0.2) is 35.9 Å². The number of anilines is 1. The van der Waals surface area contributed by atoms with Gasteiger partial charge in [0.2, 0.25) is 0 Å². The molecule has 1 nitrogen and oxygen atoms in total. The number of benzene rings is 1. The minimum atomic E-state index is -0.186. The third-order valence-corrected chi connectivity index (χ3v) is 3.82. The van der Waals surface area contributed by atoms with Crippen LogP contribution in [0.4, 0.5) is 10.1 Å². The molecule has 0 heterocycles. The normalized spacial score (nSPS) is 18.9. The minimum Gasteiger partial charge on any atom is -0.381 e. The SMILES string of the molecule is CC1(C)CCCCC=C1CNc1cccc(F)c1. The van der Waals surface area contributed by atoms with Crippen molar-refractivity contribution < 1.29 is 4.39 Å². The minimum absolute atomic E-state index is 0.186. The fourth-order valence-electron chi connectivity index (χ4n) is 2.53. The largest absolute Gasteiger partial charge is 0.381 e. The van der Waals surface area contributed by atoms with Crippen molar-refractivity contribution >= 4 is 5.69 Å². The molecule has 0 spiro atoms. The van der Waals surface area contributed by atoms with E-state index in [0.717, 1.165) is 12.2 Å². The lowest BCUT2D eigenvalue weighted by Gasteiger charge is -2.27. The van der Waals surface area contributed by atoms with Gasteiger partial charge in [0.05, 0.1) is 0 Å². The number of hydrogen-bond donors (Lipinski definition) is 1. The molecule has 2 heteroatoms. The van der Waals surface area contributed by atoms with Crippen molar-refractivity contribution in [1.82, 2.24) is 0 Å². The summed E-state index contributed by atoms with van der Waals surface area (Å²) in [6.45, 7) is 5.42. The van der Waals surface area contributed by atoms with Gasteiger partial charge in [0.25, 0.3) is 0 Å². The lowest BCUT2D eigenvalue weighted by atomic mass is 9.81. The van der Waals surface area contributed by atoms with Gasteiger partial charge in [-0.15, -0.1) is 0 Å². The zero-order valence-corrected chi connectivity index (χ0v) is 11.3. The molecule has 1 aromatic carbocycles. The summed E-state index contributed by atoms with van der Waals surface area (Å²) in [6.07, 6.45) is 7.35. The number of halogens is 1. The van der Waals surface area contributed by atoms with E-state index in [1.165, 1.54) is 37.3 Å². The highest BCUT2D eigenvalue weighted by Crippen LogP contribution is 2.35. The van der Waals surface area contributed by atoms with E-state index in [9.17, 15) is 4.39 Å². The maximum atomic E-state index is 13.1. The molecule has 0 fully saturated rings. The molecule has 1 aliphatic rings. The van der Waals surface area contributed by atoms with Gasteiger partial charge in [-0.1, -0.05) is 32.4 Å². The molecule has 1 aliphatic carbocycles. The van der Waals surface area contributed by atoms with Crippen molar-refractivity contribution in [2.24, 2.45) is 5.41 Å². The van der Waals surface area contributed by atoms with Crippen LogP contribution in [-0.2, 0) is 0 Å². The zero-order chi connectivity index (χ0) is 13.0. The third-order valence-electron chi connectivity index (χ3n) is 3.82. The molecule has 1 N–H and O–H groups in total. The molecule has 0 aromatic heterocycles. The Morgan fingerprint density at radius 2 is 2.11 bits per heavy atom. The highest BCUT2D eigenvalue weighted by atomic mass is 19.1. The highest BCUT2D eigenvalue weighted by Gasteiger charge is 2.24. The predicted molar refractivity (Wildman–Crippen MR) is 75.2 cm³/mol. The van der Waals surface area contributed by atoms with E-state index in [-0.39, 0.29) is 11.2 Å². The Hall–Kier alpha value is -1.31. The molecular weight excluding hydrogens is 225 g/mol. The Morgan fingerprint density at radius 1 is 1.28 bits per heavy atom. The second-order valence-electron chi connectivity index (χ2n) is 5.72. The molecular formula is C16H22FN. The zero-order valence-electron chi connectivity index (χ0n) is 11.3. The van der Waals surface area contributed by atoms with E-state index in [1.807, 2.05) is 6.07 Å². The maximum Gasteiger partial charge on any atom is 0.125 e. The molecule has 0 saturated heterocycles. The van der Waals surface area contributed by atoms with Crippen LogP contribution < -0.4 is 5.32 Å². The molecule has 0 saturated carbocycles. The second-order valence-corrected chi connectivity index (χ2v) is 5.72. The summed E-state index contributed by atoms with van der Waals surface area (Å²) in [5.41, 5.74) is 2.57. The molecule has 98 valence electrons. The third kappa shape index (κ3) is 3.34. The van der Waals surface area contributed by atoms with Crippen LogP contribution >= 0.6 is 0 Å². The van der Waals surface area contributed by atoms with Crippen LogP contribution in [0.1, 0.15) is 39.5 Å². The molecule has 0 unspecified atom stereocenters. The summed E-state index contributed by atoms with van der Waals surface area (Å²) in [5, 5.41) is 3.33. The van der Waals surface area contributed by atoms with E-state index in [4.69, 9.17) is 0 Å². The lowest BCUT2D eigenvalue weighted by molar-refractivity contribution is 0.397. The van der Waals surface area contributed by atoms with Gasteiger partial charge >= 0.3 is 0 Å². The smallest absolute Gasteiger partial charge is 0.125 e. The second kappa shape index (κ2) is 5.55. The average molecular weight is 247 g/mol. The van der Waals surface area contributed by atoms with Crippen LogP contribution in [0, 0.1) is 11.2 Å². The summed E-state index contributed by atoms with van der Waals surface area (Å²) < 4.78 is 13.1. The Labute approximate surface area is 109 Å². The monoisotopic (exact) mass is 247 g/mol. The van der Waals surface area contributed by atoms with Gasteiger partial charge in [0.15, 0.2) is 0 Å². The van der Waals surface area contributed by atoms with Gasteiger partial charge in [0.1, 0.15) is 5.82 Å². The summed E-state index contributed by atoms with van der Waals surface area (Å²) in [7, 11) is 0. The fourth-order valence-corrected chi connectivity index (χ4v) is 2.53. The van der Waals surface area contributed by atoms with Gasteiger partial charge in [-0.05, 0) is 48.4 Å². The number of hydrogen-bond acceptors (Lipinski definition) is 1. The first-order chi connectivity index (χ1) is 8.58. The standard InChI is InChI=1S/C16H22FN/c1-16(2)10-5-3-4-7-13(16)12-18-15-9-6-8-14(17)11-15/h6-9,11,18H,3-5,10,12H2,1-2H3. The van der Waals surface area contributed by atoms with Gasteiger partial charge in [-0.25, -0.2) is 4.39 Å². The molecule has 1 aromatic rings. The van der Waals surface area contributed by atoms with E-state index < -0.39 is 0 Å². The predicted octanol–water partition coefficient (Wildman–Crippen LogP) is 4.76. The van der Waals surface area contributed by atoms with Gasteiger partial charge in [-0.3, -0.25) is 0 Å². The molecule has 0 amide bonds. The molecule has 0 atom stereocenters. The molecule has 2 rings (SSSR count). The first-order valence-electron chi connectivity index (χ1n) is 6.77. The number of rotatable bonds is 3. The molecule has 0 bridgehead atoms. The maximum absolute atomic E-state index is 13.1. The summed E-state index contributed by atoms with van der Waals surface area (Å²) in [5.74, 6) is -0.186. The Morgan fingerprint density at radius 3 is 2.89 bits per heavy atom. The quantitative estimate of drug-likeness (QED) is 0.759. The van der Waals surface area contributed by atoms with Crippen molar-refractivity contribution in [2.45, 2.75) is 39.5 Å². The van der Waals surface area contributed by atoms with E-state index in [0.29, 0.717) is 0 Å². The van der Waals surface area contributed by atoms with Crippen LogP contribution in [0.25, 0.3) is 0 Å². The Bertz CT molecular complexity index is 434. The number of allylic oxidation sites excluding steroid dienone is 1. The Kier molecular flexibility index (Phi) is 4.05. The fraction of sp³-hybridized carbons (Fsp3) is 0.500. The van der Waals surface area contributed by atoms with Crippen LogP contribution in [0.5, 0.6) is 0 Å². The van der Waals surface area contributed by atoms with Crippen molar-refractivity contribution in [3.05, 3.63) is 41.7 Å². The van der Waals surface area contributed by atoms with Crippen LogP contribution in [0.2, 0.25) is 0 Å². The summed E-state index contributed by atoms with van der Waals surface area (Å²) in [4.78, 5) is 0. The topological polar surface area (TPSA) is 12.0 Å².